The van der Waals surface area contributed by atoms with Gasteiger partial charge in [0.1, 0.15) is 10.2 Å². The van der Waals surface area contributed by atoms with Gasteiger partial charge in [-0.25, -0.2) is 9.78 Å². The van der Waals surface area contributed by atoms with Gasteiger partial charge in [-0.05, 0) is 61.7 Å². The third-order valence-corrected chi connectivity index (χ3v) is 4.16. The molecule has 0 saturated carbocycles. The maximum Gasteiger partial charge on any atom is 0.410 e. The maximum atomic E-state index is 12.4. The van der Waals surface area contributed by atoms with Crippen LogP contribution in [0.3, 0.4) is 0 Å². The molecule has 22 heavy (non-hydrogen) atoms. The zero-order valence-electron chi connectivity index (χ0n) is 13.0. The number of halogens is 1. The molecule has 3 heterocycles. The molecule has 1 unspecified atom stereocenters. The number of aromatic nitrogens is 2. The van der Waals surface area contributed by atoms with E-state index in [1.165, 1.54) is 0 Å². The number of fused-ring (bicyclic) bond motifs is 1. The molecule has 1 N–H and O–H groups in total. The van der Waals surface area contributed by atoms with Gasteiger partial charge in [0.2, 0.25) is 0 Å². The Hall–Kier alpha value is -1.56. The number of likely N-dealkylation sites (tertiary alicyclic amines) is 1. The lowest BCUT2D eigenvalue weighted by molar-refractivity contribution is 0.0222. The van der Waals surface area contributed by atoms with Crippen molar-refractivity contribution in [2.24, 2.45) is 0 Å². The number of nitrogens with one attached hydrogen (secondary N) is 1. The van der Waals surface area contributed by atoms with Gasteiger partial charge < -0.3 is 9.72 Å². The molecule has 2 aromatic rings. The Balaban J connectivity index is 1.86. The summed E-state index contributed by atoms with van der Waals surface area (Å²) in [6.45, 7) is 6.41. The van der Waals surface area contributed by atoms with Crippen molar-refractivity contribution in [2.75, 3.05) is 6.54 Å². The second kappa shape index (κ2) is 5.57. The first-order chi connectivity index (χ1) is 10.3. The van der Waals surface area contributed by atoms with Crippen molar-refractivity contribution in [3.63, 3.8) is 0 Å². The van der Waals surface area contributed by atoms with E-state index < -0.39 is 5.60 Å². The molecule has 5 nitrogen and oxygen atoms in total. The van der Waals surface area contributed by atoms with E-state index in [-0.39, 0.29) is 12.1 Å². The molecule has 1 aliphatic rings. The predicted molar refractivity (Wildman–Crippen MR) is 88.7 cm³/mol. The van der Waals surface area contributed by atoms with Crippen molar-refractivity contribution < 1.29 is 9.53 Å². The Kier molecular flexibility index (Phi) is 3.89. The Morgan fingerprint density at radius 3 is 2.95 bits per heavy atom. The average Bonchev–Trinajstić information content (AvgIpc) is 3.01. The topological polar surface area (TPSA) is 58.2 Å². The summed E-state index contributed by atoms with van der Waals surface area (Å²) in [6.07, 6.45) is 3.52. The van der Waals surface area contributed by atoms with Crippen molar-refractivity contribution >= 4 is 32.9 Å². The van der Waals surface area contributed by atoms with Crippen molar-refractivity contribution in [3.05, 3.63) is 28.6 Å². The molecule has 0 spiro atoms. The van der Waals surface area contributed by atoms with Gasteiger partial charge in [-0.1, -0.05) is 0 Å². The second-order valence-electron chi connectivity index (χ2n) is 6.65. The molecule has 118 valence electrons. The van der Waals surface area contributed by atoms with Crippen molar-refractivity contribution in [2.45, 2.75) is 45.3 Å². The van der Waals surface area contributed by atoms with Crippen LogP contribution in [0.2, 0.25) is 0 Å². The molecule has 0 aromatic carbocycles. The van der Waals surface area contributed by atoms with Crippen LogP contribution in [0.4, 0.5) is 4.79 Å². The van der Waals surface area contributed by atoms with E-state index in [0.717, 1.165) is 40.6 Å². The lowest BCUT2D eigenvalue weighted by Crippen LogP contribution is -2.36. The van der Waals surface area contributed by atoms with E-state index in [9.17, 15) is 4.79 Å². The number of hydrogen-bond donors (Lipinski definition) is 1. The summed E-state index contributed by atoms with van der Waals surface area (Å²) in [7, 11) is 0. The number of aromatic amines is 1. The monoisotopic (exact) mass is 365 g/mol. The van der Waals surface area contributed by atoms with Crippen LogP contribution in [-0.2, 0) is 4.74 Å². The molecule has 3 rings (SSSR count). The summed E-state index contributed by atoms with van der Waals surface area (Å²) >= 11 is 3.38. The lowest BCUT2D eigenvalue weighted by atomic mass is 10.1. The number of rotatable bonds is 1. The van der Waals surface area contributed by atoms with Crippen molar-refractivity contribution in [1.82, 2.24) is 14.9 Å². The van der Waals surface area contributed by atoms with E-state index in [4.69, 9.17) is 4.74 Å². The summed E-state index contributed by atoms with van der Waals surface area (Å²) in [5.74, 6) is 0. The standard InChI is InChI=1S/C16H20BrN3O2/c1-16(2,3)22-15(21)20-6-4-5-13(20)12-7-10-9-18-14(17)8-11(10)19-12/h7-9,13,19H,4-6H2,1-3H3. The van der Waals surface area contributed by atoms with Crippen LogP contribution in [0.5, 0.6) is 0 Å². The molecule has 1 fully saturated rings. The number of amides is 1. The zero-order chi connectivity index (χ0) is 15.9. The number of hydrogen-bond acceptors (Lipinski definition) is 3. The first kappa shape index (κ1) is 15.3. The fraction of sp³-hybridized carbons (Fsp3) is 0.500. The molecule has 2 aromatic heterocycles. The van der Waals surface area contributed by atoms with Crippen LogP contribution < -0.4 is 0 Å². The molecule has 0 aliphatic carbocycles. The molecule has 1 amide bonds. The lowest BCUT2D eigenvalue weighted by Gasteiger charge is -2.28. The molecule has 1 aliphatic heterocycles. The summed E-state index contributed by atoms with van der Waals surface area (Å²) in [5, 5.41) is 1.05. The second-order valence-corrected chi connectivity index (χ2v) is 7.46. The molecule has 0 bridgehead atoms. The van der Waals surface area contributed by atoms with Crippen molar-refractivity contribution in [3.8, 4) is 0 Å². The largest absolute Gasteiger partial charge is 0.444 e. The van der Waals surface area contributed by atoms with E-state index in [0.29, 0.717) is 0 Å². The SMILES string of the molecule is CC(C)(C)OC(=O)N1CCCC1c1cc2cnc(Br)cc2[nH]1. The third kappa shape index (κ3) is 3.11. The Morgan fingerprint density at radius 2 is 2.23 bits per heavy atom. The zero-order valence-corrected chi connectivity index (χ0v) is 14.6. The molecule has 0 radical (unpaired) electrons. The minimum atomic E-state index is -0.473. The highest BCUT2D eigenvalue weighted by molar-refractivity contribution is 9.10. The smallest absolute Gasteiger partial charge is 0.410 e. The van der Waals surface area contributed by atoms with E-state index >= 15 is 0 Å². The minimum Gasteiger partial charge on any atom is -0.444 e. The van der Waals surface area contributed by atoms with Gasteiger partial charge in [0.25, 0.3) is 0 Å². The quantitative estimate of drug-likeness (QED) is 0.762. The fourth-order valence-electron chi connectivity index (χ4n) is 2.83. The molecule has 1 saturated heterocycles. The number of H-pyrrole nitrogens is 1. The van der Waals surface area contributed by atoms with Crippen molar-refractivity contribution in [1.29, 1.82) is 0 Å². The summed E-state index contributed by atoms with van der Waals surface area (Å²) in [4.78, 5) is 21.8. The van der Waals surface area contributed by atoms with Crippen LogP contribution in [0.15, 0.2) is 22.9 Å². The van der Waals surface area contributed by atoms with Crippen LogP contribution in [0.25, 0.3) is 10.9 Å². The van der Waals surface area contributed by atoms with Crippen LogP contribution in [-0.4, -0.2) is 33.1 Å². The molecular weight excluding hydrogens is 346 g/mol. The summed E-state index contributed by atoms with van der Waals surface area (Å²) in [6, 6.07) is 4.06. The van der Waals surface area contributed by atoms with Crippen LogP contribution >= 0.6 is 15.9 Å². The average molecular weight is 366 g/mol. The van der Waals surface area contributed by atoms with Gasteiger partial charge in [-0.15, -0.1) is 0 Å². The Bertz CT molecular complexity index is 705. The normalized spacial score (nSPS) is 18.9. The van der Waals surface area contributed by atoms with E-state index in [1.807, 2.05) is 37.9 Å². The highest BCUT2D eigenvalue weighted by Gasteiger charge is 2.33. The van der Waals surface area contributed by atoms with Gasteiger partial charge in [-0.2, -0.15) is 0 Å². The number of carbonyl (C=O) groups excluding carboxylic acids is 1. The fourth-order valence-corrected chi connectivity index (χ4v) is 3.16. The van der Waals surface area contributed by atoms with Gasteiger partial charge in [-0.3, -0.25) is 4.90 Å². The van der Waals surface area contributed by atoms with Gasteiger partial charge in [0, 0.05) is 29.3 Å². The third-order valence-electron chi connectivity index (χ3n) is 3.73. The van der Waals surface area contributed by atoms with E-state index in [1.54, 1.807) is 0 Å². The minimum absolute atomic E-state index is 0.0426. The Morgan fingerprint density at radius 1 is 1.45 bits per heavy atom. The van der Waals surface area contributed by atoms with E-state index in [2.05, 4.69) is 32.0 Å². The van der Waals surface area contributed by atoms with Crippen LogP contribution in [0.1, 0.15) is 45.3 Å². The van der Waals surface area contributed by atoms with Gasteiger partial charge >= 0.3 is 6.09 Å². The predicted octanol–water partition coefficient (Wildman–Crippen LogP) is 4.40. The first-order valence-electron chi connectivity index (χ1n) is 7.47. The Labute approximate surface area is 138 Å². The highest BCUT2D eigenvalue weighted by Crippen LogP contribution is 2.34. The molecular formula is C16H20BrN3O2. The summed E-state index contributed by atoms with van der Waals surface area (Å²) < 4.78 is 6.32. The molecule has 6 heteroatoms. The number of nitrogens with zero attached hydrogens (tertiary/aromatic N) is 2. The van der Waals surface area contributed by atoms with Gasteiger partial charge in [0.15, 0.2) is 0 Å². The number of pyridine rings is 1. The number of carbonyl (C=O) groups is 1. The summed E-state index contributed by atoms with van der Waals surface area (Å²) in [5.41, 5.74) is 1.59. The van der Waals surface area contributed by atoms with Gasteiger partial charge in [0.05, 0.1) is 6.04 Å². The highest BCUT2D eigenvalue weighted by atomic mass is 79.9. The number of ether oxygens (including phenoxy) is 1. The molecule has 1 atom stereocenters. The maximum absolute atomic E-state index is 12.4. The first-order valence-corrected chi connectivity index (χ1v) is 8.26. The van der Waals surface area contributed by atoms with Crippen LogP contribution in [0, 0.1) is 0 Å².